The number of nitrogens with zero attached hydrogens (tertiary/aromatic N) is 1. The number of aryl methyl sites for hydroxylation is 1. The number of nitrogens with two attached hydrogens (primary N) is 1. The summed E-state index contributed by atoms with van der Waals surface area (Å²) in [5, 5.41) is 0. The number of ether oxygens (including phenoxy) is 1. The van der Waals surface area contributed by atoms with Crippen LogP contribution in [0.25, 0.3) is 0 Å². The lowest BCUT2D eigenvalue weighted by Crippen LogP contribution is -2.39. The third-order valence-corrected chi connectivity index (χ3v) is 9.39. The molecule has 2 atom stereocenters. The van der Waals surface area contributed by atoms with Gasteiger partial charge in [0, 0.05) is 13.1 Å². The van der Waals surface area contributed by atoms with E-state index in [0.29, 0.717) is 35.7 Å². The molecule has 0 radical (unpaired) electrons. The lowest BCUT2D eigenvalue weighted by Gasteiger charge is -2.37. The smallest absolute Gasteiger partial charge is 0.243 e. The Bertz CT molecular complexity index is 985. The molecule has 6 heteroatoms. The van der Waals surface area contributed by atoms with Gasteiger partial charge in [-0.2, -0.15) is 4.31 Å². The summed E-state index contributed by atoms with van der Waals surface area (Å²) in [4.78, 5) is 0.400. The van der Waals surface area contributed by atoms with Crippen molar-refractivity contribution in [1.82, 2.24) is 4.31 Å². The van der Waals surface area contributed by atoms with E-state index in [2.05, 4.69) is 18.2 Å². The molecule has 0 aromatic heterocycles. The Balaban J connectivity index is 1.36. The van der Waals surface area contributed by atoms with Gasteiger partial charge in [-0.1, -0.05) is 24.3 Å². The van der Waals surface area contributed by atoms with Gasteiger partial charge in [-0.15, -0.1) is 0 Å². The summed E-state index contributed by atoms with van der Waals surface area (Å²) in [5.41, 5.74) is 8.89. The molecular formula is C26H36N2O3S. The van der Waals surface area contributed by atoms with Crippen molar-refractivity contribution >= 4 is 10.0 Å². The minimum atomic E-state index is -3.38. The Labute approximate surface area is 193 Å². The van der Waals surface area contributed by atoms with Gasteiger partial charge in [-0.25, -0.2) is 8.42 Å². The highest BCUT2D eigenvalue weighted by Crippen LogP contribution is 2.38. The van der Waals surface area contributed by atoms with Crippen LogP contribution < -0.4 is 10.5 Å². The molecular weight excluding hydrogens is 420 g/mol. The number of methoxy groups -OCH3 is 1. The van der Waals surface area contributed by atoms with E-state index in [1.54, 1.807) is 35.7 Å². The summed E-state index contributed by atoms with van der Waals surface area (Å²) < 4.78 is 32.9. The Morgan fingerprint density at radius 3 is 2.50 bits per heavy atom. The van der Waals surface area contributed by atoms with E-state index in [-0.39, 0.29) is 0 Å². The lowest BCUT2D eigenvalue weighted by molar-refractivity contribution is 0.187. The van der Waals surface area contributed by atoms with Crippen LogP contribution in [0.15, 0.2) is 53.4 Å². The Morgan fingerprint density at radius 2 is 1.81 bits per heavy atom. The first kappa shape index (κ1) is 23.3. The Hall–Kier alpha value is -1.89. The minimum absolute atomic E-state index is 0.400. The molecule has 5 nitrogen and oxygen atoms in total. The second kappa shape index (κ2) is 10.4. The molecule has 2 N–H and O–H groups in total. The zero-order chi connectivity index (χ0) is 22.6. The first-order valence-electron chi connectivity index (χ1n) is 11.9. The van der Waals surface area contributed by atoms with E-state index in [1.165, 1.54) is 17.5 Å². The summed E-state index contributed by atoms with van der Waals surface area (Å²) in [6.07, 6.45) is 7.51. The highest BCUT2D eigenvalue weighted by molar-refractivity contribution is 7.89. The van der Waals surface area contributed by atoms with Gasteiger partial charge in [-0.05, 0) is 105 Å². The number of hydrogen-bond acceptors (Lipinski definition) is 4. The van der Waals surface area contributed by atoms with E-state index >= 15 is 0 Å². The SMILES string of the molecule is COc1ccc2c(c1)CCC(C(CCN)CC1CCN(S(=O)(=O)c3ccccc3)CC1)C2. The fourth-order valence-electron chi connectivity index (χ4n) is 5.60. The molecule has 2 aromatic rings. The van der Waals surface area contributed by atoms with Crippen LogP contribution in [0.3, 0.4) is 0 Å². The summed E-state index contributed by atoms with van der Waals surface area (Å²) in [5.74, 6) is 2.78. The van der Waals surface area contributed by atoms with Gasteiger partial charge in [0.15, 0.2) is 0 Å². The van der Waals surface area contributed by atoms with Crippen LogP contribution in [0, 0.1) is 17.8 Å². The first-order valence-corrected chi connectivity index (χ1v) is 13.4. The second-order valence-electron chi connectivity index (χ2n) is 9.37. The molecule has 32 heavy (non-hydrogen) atoms. The molecule has 1 heterocycles. The van der Waals surface area contributed by atoms with Crippen LogP contribution in [0.1, 0.15) is 43.2 Å². The standard InChI is InChI=1S/C26H36N2O3S/c1-31-25-10-9-22-18-21(7-8-23(22)19-25)24(11-14-27)17-20-12-15-28(16-13-20)32(29,30)26-5-3-2-4-6-26/h2-6,9-10,19-21,24H,7-8,11-18,27H2,1H3. The number of piperidine rings is 1. The highest BCUT2D eigenvalue weighted by atomic mass is 32.2. The molecule has 0 spiro atoms. The van der Waals surface area contributed by atoms with E-state index in [1.807, 2.05) is 6.07 Å². The molecule has 2 unspecified atom stereocenters. The average Bonchev–Trinajstić information content (AvgIpc) is 2.84. The molecule has 2 aromatic carbocycles. The van der Waals surface area contributed by atoms with Gasteiger partial charge in [0.25, 0.3) is 0 Å². The number of fused-ring (bicyclic) bond motifs is 1. The quantitative estimate of drug-likeness (QED) is 0.644. The molecule has 1 saturated heterocycles. The summed E-state index contributed by atoms with van der Waals surface area (Å²) in [6.45, 7) is 1.95. The van der Waals surface area contributed by atoms with Gasteiger partial charge in [0.05, 0.1) is 12.0 Å². The maximum absolute atomic E-state index is 12.9. The topological polar surface area (TPSA) is 72.6 Å². The zero-order valence-electron chi connectivity index (χ0n) is 19.1. The van der Waals surface area contributed by atoms with Gasteiger partial charge < -0.3 is 10.5 Å². The van der Waals surface area contributed by atoms with E-state index in [4.69, 9.17) is 10.5 Å². The van der Waals surface area contributed by atoms with Crippen molar-refractivity contribution in [2.24, 2.45) is 23.5 Å². The molecule has 1 aliphatic heterocycles. The van der Waals surface area contributed by atoms with Crippen molar-refractivity contribution in [3.8, 4) is 5.75 Å². The second-order valence-corrected chi connectivity index (χ2v) is 11.3. The molecule has 0 amide bonds. The van der Waals surface area contributed by atoms with Crippen LogP contribution in [0.5, 0.6) is 5.75 Å². The van der Waals surface area contributed by atoms with Crippen LogP contribution in [-0.4, -0.2) is 39.5 Å². The molecule has 4 rings (SSSR count). The van der Waals surface area contributed by atoms with Crippen LogP contribution in [0.4, 0.5) is 0 Å². The monoisotopic (exact) mass is 456 g/mol. The molecule has 1 aliphatic carbocycles. The number of hydrogen-bond donors (Lipinski definition) is 1. The van der Waals surface area contributed by atoms with Gasteiger partial charge >= 0.3 is 0 Å². The van der Waals surface area contributed by atoms with Gasteiger partial charge in [0.1, 0.15) is 5.75 Å². The molecule has 1 fully saturated rings. The maximum atomic E-state index is 12.9. The van der Waals surface area contributed by atoms with Crippen molar-refractivity contribution in [2.75, 3.05) is 26.7 Å². The molecule has 0 saturated carbocycles. The minimum Gasteiger partial charge on any atom is -0.497 e. The summed E-state index contributed by atoms with van der Waals surface area (Å²) in [6, 6.07) is 15.3. The largest absolute Gasteiger partial charge is 0.497 e. The maximum Gasteiger partial charge on any atom is 0.243 e. The van der Waals surface area contributed by atoms with Crippen LogP contribution in [-0.2, 0) is 22.9 Å². The predicted molar refractivity (Wildman–Crippen MR) is 128 cm³/mol. The molecule has 0 bridgehead atoms. The fraction of sp³-hybridized carbons (Fsp3) is 0.538. The van der Waals surface area contributed by atoms with E-state index in [0.717, 1.165) is 50.8 Å². The average molecular weight is 457 g/mol. The van der Waals surface area contributed by atoms with Gasteiger partial charge in [0.2, 0.25) is 10.0 Å². The van der Waals surface area contributed by atoms with Crippen molar-refractivity contribution < 1.29 is 13.2 Å². The third kappa shape index (κ3) is 5.19. The molecule has 2 aliphatic rings. The molecule has 174 valence electrons. The first-order chi connectivity index (χ1) is 15.5. The highest BCUT2D eigenvalue weighted by Gasteiger charge is 2.33. The normalized spacial score (nSPS) is 21.1. The van der Waals surface area contributed by atoms with Crippen LogP contribution in [0.2, 0.25) is 0 Å². The van der Waals surface area contributed by atoms with E-state index < -0.39 is 10.0 Å². The van der Waals surface area contributed by atoms with Crippen LogP contribution >= 0.6 is 0 Å². The number of benzene rings is 2. The van der Waals surface area contributed by atoms with Crippen molar-refractivity contribution in [1.29, 1.82) is 0 Å². The van der Waals surface area contributed by atoms with Crippen molar-refractivity contribution in [3.05, 3.63) is 59.7 Å². The van der Waals surface area contributed by atoms with Crippen molar-refractivity contribution in [2.45, 2.75) is 49.8 Å². The number of sulfonamides is 1. The predicted octanol–water partition coefficient (Wildman–Crippen LogP) is 4.26. The van der Waals surface area contributed by atoms with Crippen molar-refractivity contribution in [3.63, 3.8) is 0 Å². The number of rotatable bonds is 8. The Kier molecular flexibility index (Phi) is 7.54. The zero-order valence-corrected chi connectivity index (χ0v) is 19.9. The summed E-state index contributed by atoms with van der Waals surface area (Å²) >= 11 is 0. The third-order valence-electron chi connectivity index (χ3n) is 7.47. The summed E-state index contributed by atoms with van der Waals surface area (Å²) in [7, 11) is -1.66. The Morgan fingerprint density at radius 1 is 1.06 bits per heavy atom. The van der Waals surface area contributed by atoms with E-state index in [9.17, 15) is 8.42 Å². The fourth-order valence-corrected chi connectivity index (χ4v) is 7.09. The lowest BCUT2D eigenvalue weighted by atomic mass is 9.72. The van der Waals surface area contributed by atoms with Gasteiger partial charge in [-0.3, -0.25) is 0 Å².